The van der Waals surface area contributed by atoms with E-state index in [0.29, 0.717) is 28.2 Å². The van der Waals surface area contributed by atoms with Crippen LogP contribution in [0.5, 0.6) is 11.5 Å². The number of hydrogen-bond acceptors (Lipinski definition) is 4. The molecule has 0 bridgehead atoms. The van der Waals surface area contributed by atoms with E-state index in [2.05, 4.69) is 12.1 Å². The number of ether oxygens (including phenoxy) is 2. The maximum atomic E-state index is 6.21. The van der Waals surface area contributed by atoms with Crippen LogP contribution in [0.1, 0.15) is 39.5 Å². The second-order valence-electron chi connectivity index (χ2n) is 5.48. The summed E-state index contributed by atoms with van der Waals surface area (Å²) in [6, 6.07) is 3.27. The van der Waals surface area contributed by atoms with E-state index in [1.54, 1.807) is 18.3 Å². The summed E-state index contributed by atoms with van der Waals surface area (Å²) in [5, 5.41) is 4.70. The summed E-state index contributed by atoms with van der Waals surface area (Å²) < 4.78 is 11.3. The predicted octanol–water partition coefficient (Wildman–Crippen LogP) is 7.04. The number of unbranched alkanes of at least 4 members (excludes halogenated alkanes) is 2. The van der Waals surface area contributed by atoms with Gasteiger partial charge < -0.3 is 14.3 Å². The van der Waals surface area contributed by atoms with E-state index in [1.165, 1.54) is 6.08 Å². The fourth-order valence-corrected chi connectivity index (χ4v) is 2.45. The first kappa shape index (κ1) is 23.2. The third-order valence-electron chi connectivity index (χ3n) is 3.32. The number of oxime groups is 1. The Morgan fingerprint density at radius 3 is 2.46 bits per heavy atom. The zero-order chi connectivity index (χ0) is 19.4. The molecule has 0 saturated carbocycles. The van der Waals surface area contributed by atoms with Crippen LogP contribution in [0.4, 0.5) is 0 Å². The van der Waals surface area contributed by atoms with Crippen molar-refractivity contribution >= 4 is 52.6 Å². The van der Waals surface area contributed by atoms with Crippen molar-refractivity contribution < 1.29 is 14.3 Å². The highest BCUT2D eigenvalue weighted by atomic mass is 35.5. The van der Waals surface area contributed by atoms with E-state index in [0.717, 1.165) is 25.7 Å². The van der Waals surface area contributed by atoms with Crippen molar-refractivity contribution in [2.45, 2.75) is 45.6 Å². The molecule has 0 aromatic heterocycles. The summed E-state index contributed by atoms with van der Waals surface area (Å²) >= 11 is 23.5. The molecule has 0 spiro atoms. The fraction of sp³-hybridized carbons (Fsp3) is 0.500. The van der Waals surface area contributed by atoms with Gasteiger partial charge in [-0.2, -0.15) is 0 Å². The van der Waals surface area contributed by atoms with Gasteiger partial charge in [-0.1, -0.05) is 58.5 Å². The molecule has 1 atom stereocenters. The van der Waals surface area contributed by atoms with E-state index in [1.807, 2.05) is 6.92 Å². The van der Waals surface area contributed by atoms with Crippen molar-refractivity contribution in [2.24, 2.45) is 5.16 Å². The van der Waals surface area contributed by atoms with Crippen LogP contribution in [0.15, 0.2) is 27.9 Å². The molecule has 146 valence electrons. The Hall–Kier alpha value is -0.810. The van der Waals surface area contributed by atoms with Gasteiger partial charge in [0, 0.05) is 18.3 Å². The highest BCUT2D eigenvalue weighted by Crippen LogP contribution is 2.37. The fourth-order valence-electron chi connectivity index (χ4n) is 1.74. The molecule has 26 heavy (non-hydrogen) atoms. The number of nitrogens with zero attached hydrogens (tertiary/aromatic N) is 1. The third-order valence-corrected chi connectivity index (χ3v) is 4.19. The van der Waals surface area contributed by atoms with Crippen molar-refractivity contribution in [3.63, 3.8) is 0 Å². The number of benzene rings is 1. The number of halogens is 4. The molecular formula is C18H23Cl4NO3. The smallest absolute Gasteiger partial charge is 0.156 e. The van der Waals surface area contributed by atoms with Gasteiger partial charge >= 0.3 is 0 Å². The lowest BCUT2D eigenvalue weighted by atomic mass is 10.2. The van der Waals surface area contributed by atoms with Crippen molar-refractivity contribution in [3.8, 4) is 11.5 Å². The lowest BCUT2D eigenvalue weighted by Crippen LogP contribution is -2.01. The molecule has 8 heteroatoms. The van der Waals surface area contributed by atoms with Crippen LogP contribution in [-0.4, -0.2) is 25.5 Å². The minimum absolute atomic E-state index is 0.138. The van der Waals surface area contributed by atoms with E-state index >= 15 is 0 Å². The van der Waals surface area contributed by atoms with Gasteiger partial charge in [-0.05, 0) is 38.7 Å². The summed E-state index contributed by atoms with van der Waals surface area (Å²) in [6.45, 7) is 4.76. The van der Waals surface area contributed by atoms with E-state index < -0.39 is 0 Å². The minimum atomic E-state index is 0.138. The van der Waals surface area contributed by atoms with Crippen molar-refractivity contribution in [1.82, 2.24) is 0 Å². The maximum Gasteiger partial charge on any atom is 0.156 e. The van der Waals surface area contributed by atoms with Crippen LogP contribution in [0, 0.1) is 0 Å². The molecule has 0 saturated heterocycles. The van der Waals surface area contributed by atoms with Gasteiger partial charge in [-0.15, -0.1) is 0 Å². The molecule has 0 heterocycles. The van der Waals surface area contributed by atoms with Gasteiger partial charge in [-0.25, -0.2) is 0 Å². The molecular weight excluding hydrogens is 420 g/mol. The monoisotopic (exact) mass is 441 g/mol. The van der Waals surface area contributed by atoms with E-state index in [-0.39, 0.29) is 17.2 Å². The highest BCUT2D eigenvalue weighted by Gasteiger charge is 2.10. The molecule has 1 aromatic carbocycles. The molecule has 1 rings (SSSR count). The second kappa shape index (κ2) is 13.4. The molecule has 1 aromatic rings. The Bertz CT molecular complexity index is 581. The SMILES string of the molecule is CCC(C)ON=CCCCCOc1c(Cl)cc(OCC=C(Cl)Cl)cc1Cl. The van der Waals surface area contributed by atoms with Gasteiger partial charge in [0.25, 0.3) is 0 Å². The van der Waals surface area contributed by atoms with Crippen LogP contribution in [0.25, 0.3) is 0 Å². The van der Waals surface area contributed by atoms with Crippen molar-refractivity contribution in [3.05, 3.63) is 32.7 Å². The molecule has 0 N–H and O–H groups in total. The summed E-state index contributed by atoms with van der Waals surface area (Å²) in [7, 11) is 0. The first-order valence-electron chi connectivity index (χ1n) is 8.37. The molecule has 0 aliphatic carbocycles. The van der Waals surface area contributed by atoms with Crippen LogP contribution in [0.3, 0.4) is 0 Å². The molecule has 1 unspecified atom stereocenters. The first-order chi connectivity index (χ1) is 12.4. The Kier molecular flexibility index (Phi) is 11.9. The predicted molar refractivity (Wildman–Crippen MR) is 110 cm³/mol. The third kappa shape index (κ3) is 9.77. The summed E-state index contributed by atoms with van der Waals surface area (Å²) in [5.41, 5.74) is 0. The molecule has 0 aliphatic rings. The van der Waals surface area contributed by atoms with Crippen LogP contribution < -0.4 is 9.47 Å². The van der Waals surface area contributed by atoms with Gasteiger partial charge in [0.2, 0.25) is 0 Å². The Morgan fingerprint density at radius 1 is 1.15 bits per heavy atom. The van der Waals surface area contributed by atoms with Gasteiger partial charge in [0.05, 0.1) is 16.7 Å². The Balaban J connectivity index is 2.35. The Labute approximate surface area is 175 Å². The molecule has 4 nitrogen and oxygen atoms in total. The van der Waals surface area contributed by atoms with E-state index in [4.69, 9.17) is 60.7 Å². The first-order valence-corrected chi connectivity index (χ1v) is 9.88. The standard InChI is InChI=1S/C18H23Cl4NO3/c1-3-13(2)26-23-8-5-4-6-9-25-18-15(19)11-14(12-16(18)20)24-10-7-17(21)22/h7-8,11-13H,3-6,9-10H2,1-2H3. The molecule has 0 amide bonds. The highest BCUT2D eigenvalue weighted by molar-refractivity contribution is 6.55. The maximum absolute atomic E-state index is 6.21. The summed E-state index contributed by atoms with van der Waals surface area (Å²) in [6.07, 6.45) is 6.98. The zero-order valence-corrected chi connectivity index (χ0v) is 17.8. The van der Waals surface area contributed by atoms with Gasteiger partial charge in [0.15, 0.2) is 5.75 Å². The van der Waals surface area contributed by atoms with Gasteiger partial charge in [-0.3, -0.25) is 0 Å². The number of hydrogen-bond donors (Lipinski definition) is 0. The quantitative estimate of drug-likeness (QED) is 0.198. The van der Waals surface area contributed by atoms with Gasteiger partial charge in [0.1, 0.15) is 23.0 Å². The van der Waals surface area contributed by atoms with Crippen LogP contribution >= 0.6 is 46.4 Å². The lowest BCUT2D eigenvalue weighted by molar-refractivity contribution is 0.0706. The van der Waals surface area contributed by atoms with Crippen LogP contribution in [-0.2, 0) is 4.84 Å². The van der Waals surface area contributed by atoms with Crippen molar-refractivity contribution in [1.29, 1.82) is 0 Å². The largest absolute Gasteiger partial charge is 0.490 e. The summed E-state index contributed by atoms with van der Waals surface area (Å²) in [5.74, 6) is 0.955. The Morgan fingerprint density at radius 2 is 1.85 bits per heavy atom. The number of rotatable bonds is 12. The van der Waals surface area contributed by atoms with Crippen molar-refractivity contribution in [2.75, 3.05) is 13.2 Å². The van der Waals surface area contributed by atoms with E-state index in [9.17, 15) is 0 Å². The average Bonchev–Trinajstić information content (AvgIpc) is 2.58. The topological polar surface area (TPSA) is 40.0 Å². The molecule has 0 fully saturated rings. The second-order valence-corrected chi connectivity index (χ2v) is 7.30. The average molecular weight is 443 g/mol. The molecule has 0 radical (unpaired) electrons. The normalized spacial score (nSPS) is 12.1. The zero-order valence-electron chi connectivity index (χ0n) is 14.8. The summed E-state index contributed by atoms with van der Waals surface area (Å²) in [4.78, 5) is 5.22. The lowest BCUT2D eigenvalue weighted by Gasteiger charge is -2.12. The van der Waals surface area contributed by atoms with Crippen LogP contribution in [0.2, 0.25) is 10.0 Å². The molecule has 0 aliphatic heterocycles. The minimum Gasteiger partial charge on any atom is -0.490 e.